The number of carbonyl (C=O) groups excluding carboxylic acids is 2. The standard InChI is InChI=1S/C11H19N3O4/c1-7(4-8-2-3-8)13-11(18)14(5-9(12)15)6-10(16)17/h7-8H,2-6H2,1H3,(H2,12,15)(H,13,18)(H,16,17). The van der Waals surface area contributed by atoms with Crippen LogP contribution in [0.4, 0.5) is 4.79 Å². The molecule has 0 aliphatic heterocycles. The summed E-state index contributed by atoms with van der Waals surface area (Å²) in [5, 5.41) is 11.3. The summed E-state index contributed by atoms with van der Waals surface area (Å²) in [4.78, 5) is 34.0. The van der Waals surface area contributed by atoms with Crippen molar-refractivity contribution in [2.75, 3.05) is 13.1 Å². The van der Waals surface area contributed by atoms with Gasteiger partial charge in [0.2, 0.25) is 5.91 Å². The van der Waals surface area contributed by atoms with E-state index in [1.807, 2.05) is 6.92 Å². The molecule has 0 aromatic rings. The second-order valence-electron chi connectivity index (χ2n) is 4.75. The molecule has 0 aromatic carbocycles. The predicted octanol–water partition coefficient (Wildman–Crippen LogP) is -0.243. The molecule has 7 heteroatoms. The third kappa shape index (κ3) is 5.51. The minimum atomic E-state index is -1.18. The molecule has 0 heterocycles. The normalized spacial score (nSPS) is 15.8. The van der Waals surface area contributed by atoms with Crippen LogP contribution in [0, 0.1) is 5.92 Å². The Morgan fingerprint density at radius 2 is 2.00 bits per heavy atom. The van der Waals surface area contributed by atoms with Gasteiger partial charge >= 0.3 is 12.0 Å². The van der Waals surface area contributed by atoms with E-state index < -0.39 is 31.0 Å². The fourth-order valence-electron chi connectivity index (χ4n) is 1.77. The molecule has 1 aliphatic rings. The highest BCUT2D eigenvalue weighted by molar-refractivity contribution is 5.86. The Labute approximate surface area is 105 Å². The highest BCUT2D eigenvalue weighted by Gasteiger charge is 2.26. The second-order valence-corrected chi connectivity index (χ2v) is 4.75. The number of nitrogens with two attached hydrogens (primary N) is 1. The summed E-state index contributed by atoms with van der Waals surface area (Å²) < 4.78 is 0. The minimum absolute atomic E-state index is 0.0332. The van der Waals surface area contributed by atoms with Gasteiger partial charge in [0.15, 0.2) is 0 Å². The third-order valence-corrected chi connectivity index (χ3v) is 2.71. The number of nitrogens with one attached hydrogen (secondary N) is 1. The molecule has 0 bridgehead atoms. The van der Waals surface area contributed by atoms with E-state index >= 15 is 0 Å². The third-order valence-electron chi connectivity index (χ3n) is 2.71. The van der Waals surface area contributed by atoms with Gasteiger partial charge in [-0.3, -0.25) is 9.59 Å². The van der Waals surface area contributed by atoms with Gasteiger partial charge in [0.25, 0.3) is 0 Å². The monoisotopic (exact) mass is 257 g/mol. The van der Waals surface area contributed by atoms with Crippen molar-refractivity contribution in [2.24, 2.45) is 11.7 Å². The van der Waals surface area contributed by atoms with Crippen LogP contribution in [-0.2, 0) is 9.59 Å². The first-order valence-corrected chi connectivity index (χ1v) is 5.94. The molecule has 7 nitrogen and oxygen atoms in total. The van der Waals surface area contributed by atoms with Crippen LogP contribution >= 0.6 is 0 Å². The van der Waals surface area contributed by atoms with Crippen LogP contribution in [0.3, 0.4) is 0 Å². The zero-order valence-corrected chi connectivity index (χ0v) is 10.4. The van der Waals surface area contributed by atoms with Crippen LogP contribution in [0.15, 0.2) is 0 Å². The lowest BCUT2D eigenvalue weighted by molar-refractivity contribution is -0.137. The van der Waals surface area contributed by atoms with E-state index in [1.54, 1.807) is 0 Å². The van der Waals surface area contributed by atoms with E-state index in [2.05, 4.69) is 5.32 Å². The van der Waals surface area contributed by atoms with Crippen LogP contribution in [0.2, 0.25) is 0 Å². The Bertz CT molecular complexity index is 325. The predicted molar refractivity (Wildman–Crippen MR) is 63.7 cm³/mol. The molecule has 0 radical (unpaired) electrons. The Morgan fingerprint density at radius 3 is 2.44 bits per heavy atom. The Kier molecular flexibility index (Phi) is 4.94. The Morgan fingerprint density at radius 1 is 1.39 bits per heavy atom. The zero-order chi connectivity index (χ0) is 13.7. The number of carboxylic acid groups (broad SMARTS) is 1. The fraction of sp³-hybridized carbons (Fsp3) is 0.727. The second kappa shape index (κ2) is 6.23. The summed E-state index contributed by atoms with van der Waals surface area (Å²) in [5.41, 5.74) is 4.97. The van der Waals surface area contributed by atoms with E-state index in [-0.39, 0.29) is 6.04 Å². The van der Waals surface area contributed by atoms with Crippen molar-refractivity contribution in [1.29, 1.82) is 0 Å². The maximum absolute atomic E-state index is 11.8. The van der Waals surface area contributed by atoms with Crippen LogP contribution < -0.4 is 11.1 Å². The molecule has 4 N–H and O–H groups in total. The van der Waals surface area contributed by atoms with Gasteiger partial charge in [0.05, 0.1) is 0 Å². The first kappa shape index (κ1) is 14.3. The molecule has 1 saturated carbocycles. The quantitative estimate of drug-likeness (QED) is 0.584. The zero-order valence-electron chi connectivity index (χ0n) is 10.4. The lowest BCUT2D eigenvalue weighted by Crippen LogP contribution is -2.49. The smallest absolute Gasteiger partial charge is 0.323 e. The number of urea groups is 1. The van der Waals surface area contributed by atoms with Gasteiger partial charge in [-0.15, -0.1) is 0 Å². The van der Waals surface area contributed by atoms with E-state index in [9.17, 15) is 14.4 Å². The molecule has 3 amide bonds. The average Bonchev–Trinajstić information content (AvgIpc) is 2.98. The minimum Gasteiger partial charge on any atom is -0.480 e. The number of hydrogen-bond acceptors (Lipinski definition) is 3. The van der Waals surface area contributed by atoms with Crippen LogP contribution in [0.5, 0.6) is 0 Å². The van der Waals surface area contributed by atoms with Gasteiger partial charge in [-0.2, -0.15) is 0 Å². The molecule has 1 unspecified atom stereocenters. The van der Waals surface area contributed by atoms with E-state index in [0.717, 1.165) is 11.3 Å². The number of rotatable bonds is 7. The summed E-state index contributed by atoms with van der Waals surface area (Å²) in [6.07, 6.45) is 3.24. The summed E-state index contributed by atoms with van der Waals surface area (Å²) in [5.74, 6) is -1.26. The fourth-order valence-corrected chi connectivity index (χ4v) is 1.77. The SMILES string of the molecule is CC(CC1CC1)NC(=O)N(CC(N)=O)CC(=O)O. The molecule has 18 heavy (non-hydrogen) atoms. The summed E-state index contributed by atoms with van der Waals surface area (Å²) >= 11 is 0. The molecule has 0 spiro atoms. The Balaban J connectivity index is 2.45. The number of amides is 3. The number of carboxylic acids is 1. The highest BCUT2D eigenvalue weighted by Crippen LogP contribution is 2.33. The van der Waals surface area contributed by atoms with Crippen LogP contribution in [0.1, 0.15) is 26.2 Å². The van der Waals surface area contributed by atoms with E-state index in [0.29, 0.717) is 5.92 Å². The van der Waals surface area contributed by atoms with Gasteiger partial charge in [0, 0.05) is 6.04 Å². The topological polar surface area (TPSA) is 113 Å². The summed E-state index contributed by atoms with van der Waals surface area (Å²) in [6.45, 7) is 0.929. The molecule has 1 fully saturated rings. The van der Waals surface area contributed by atoms with Gasteiger partial charge in [-0.1, -0.05) is 12.8 Å². The summed E-state index contributed by atoms with van der Waals surface area (Å²) in [7, 11) is 0. The van der Waals surface area contributed by atoms with Crippen LogP contribution in [-0.4, -0.2) is 47.0 Å². The van der Waals surface area contributed by atoms with Gasteiger partial charge in [-0.25, -0.2) is 4.79 Å². The number of hydrogen-bond donors (Lipinski definition) is 3. The van der Waals surface area contributed by atoms with Crippen molar-refractivity contribution in [3.8, 4) is 0 Å². The van der Waals surface area contributed by atoms with Gasteiger partial charge < -0.3 is 21.1 Å². The average molecular weight is 257 g/mol. The molecule has 0 aromatic heterocycles. The molecular formula is C11H19N3O4. The molecule has 1 atom stereocenters. The maximum Gasteiger partial charge on any atom is 0.323 e. The molecule has 1 rings (SSSR count). The van der Waals surface area contributed by atoms with Crippen molar-refractivity contribution >= 4 is 17.9 Å². The van der Waals surface area contributed by atoms with Crippen LogP contribution in [0.25, 0.3) is 0 Å². The van der Waals surface area contributed by atoms with Gasteiger partial charge in [0.1, 0.15) is 13.1 Å². The van der Waals surface area contributed by atoms with Crippen molar-refractivity contribution in [3.63, 3.8) is 0 Å². The molecule has 0 saturated heterocycles. The number of nitrogens with zero attached hydrogens (tertiary/aromatic N) is 1. The largest absolute Gasteiger partial charge is 0.480 e. The lowest BCUT2D eigenvalue weighted by atomic mass is 10.2. The van der Waals surface area contributed by atoms with Crippen molar-refractivity contribution in [2.45, 2.75) is 32.2 Å². The number of primary amides is 1. The van der Waals surface area contributed by atoms with Crippen molar-refractivity contribution in [3.05, 3.63) is 0 Å². The van der Waals surface area contributed by atoms with E-state index in [1.165, 1.54) is 12.8 Å². The Hall–Kier alpha value is -1.79. The van der Waals surface area contributed by atoms with Gasteiger partial charge in [-0.05, 0) is 19.3 Å². The number of carbonyl (C=O) groups is 3. The first-order chi connectivity index (χ1) is 8.38. The molecular weight excluding hydrogens is 238 g/mol. The molecule has 1 aliphatic carbocycles. The van der Waals surface area contributed by atoms with E-state index in [4.69, 9.17) is 10.8 Å². The van der Waals surface area contributed by atoms with Crippen molar-refractivity contribution in [1.82, 2.24) is 10.2 Å². The number of aliphatic carboxylic acids is 1. The summed E-state index contributed by atoms with van der Waals surface area (Å²) in [6, 6.07) is -0.599. The van der Waals surface area contributed by atoms with Crippen molar-refractivity contribution < 1.29 is 19.5 Å². The molecule has 102 valence electrons. The highest BCUT2D eigenvalue weighted by atomic mass is 16.4. The lowest BCUT2D eigenvalue weighted by Gasteiger charge is -2.22. The maximum atomic E-state index is 11.8. The first-order valence-electron chi connectivity index (χ1n) is 5.94.